The first-order valence-electron chi connectivity index (χ1n) is 14.4. The normalized spacial score (nSPS) is 21.4. The second-order valence-corrected chi connectivity index (χ2v) is 12.7. The topological polar surface area (TPSA) is 90.8 Å². The van der Waals surface area contributed by atoms with Crippen molar-refractivity contribution in [3.05, 3.63) is 78.1 Å². The van der Waals surface area contributed by atoms with Gasteiger partial charge in [0.15, 0.2) is 0 Å². The van der Waals surface area contributed by atoms with Crippen LogP contribution < -0.4 is 5.32 Å². The van der Waals surface area contributed by atoms with E-state index in [0.29, 0.717) is 32.1 Å². The average molecular weight is 573 g/mol. The van der Waals surface area contributed by atoms with Crippen LogP contribution in [0.1, 0.15) is 49.6 Å². The van der Waals surface area contributed by atoms with E-state index in [0.717, 1.165) is 35.3 Å². The molecule has 0 aliphatic carbocycles. The fourth-order valence-corrected chi connectivity index (χ4v) is 7.58. The van der Waals surface area contributed by atoms with Gasteiger partial charge in [0.1, 0.15) is 5.37 Å². The highest BCUT2D eigenvalue weighted by molar-refractivity contribution is 8.01. The molecule has 9 nitrogen and oxygen atoms in total. The zero-order chi connectivity index (χ0) is 28.5. The van der Waals surface area contributed by atoms with E-state index in [1.807, 2.05) is 74.1 Å². The largest absolute Gasteiger partial charge is 0.342 e. The number of nitrogens with one attached hydrogen (secondary N) is 1. The van der Waals surface area contributed by atoms with Crippen molar-refractivity contribution in [3.63, 3.8) is 0 Å². The quantitative estimate of drug-likeness (QED) is 0.435. The van der Waals surface area contributed by atoms with Crippen molar-refractivity contribution in [3.8, 4) is 5.69 Å². The van der Waals surface area contributed by atoms with Crippen molar-refractivity contribution in [1.82, 2.24) is 24.5 Å². The molecule has 2 unspecified atom stereocenters. The van der Waals surface area contributed by atoms with E-state index in [1.54, 1.807) is 18.0 Å². The number of hydrogen-bond acceptors (Lipinski definition) is 5. The Morgan fingerprint density at radius 3 is 2.56 bits per heavy atom. The Hall–Kier alpha value is -3.79. The summed E-state index contributed by atoms with van der Waals surface area (Å²) >= 11 is 1.57. The second-order valence-electron chi connectivity index (χ2n) is 11.4. The first kappa shape index (κ1) is 27.4. The van der Waals surface area contributed by atoms with Crippen LogP contribution in [0.25, 0.3) is 5.69 Å². The van der Waals surface area contributed by atoms with Crippen LogP contribution in [0.5, 0.6) is 0 Å². The van der Waals surface area contributed by atoms with E-state index in [2.05, 4.69) is 30.3 Å². The molecule has 1 aromatic heterocycles. The van der Waals surface area contributed by atoms with Crippen molar-refractivity contribution < 1.29 is 14.4 Å². The van der Waals surface area contributed by atoms with E-state index >= 15 is 0 Å². The van der Waals surface area contributed by atoms with Crippen molar-refractivity contribution in [1.29, 1.82) is 0 Å². The Morgan fingerprint density at radius 2 is 1.80 bits per heavy atom. The number of amides is 4. The lowest BCUT2D eigenvalue weighted by atomic mass is 10.0. The summed E-state index contributed by atoms with van der Waals surface area (Å²) in [5.74, 6) is 0.329. The number of urea groups is 1. The molecule has 6 rings (SSSR count). The number of likely N-dealkylation sites (tertiary alicyclic amines) is 1. The highest BCUT2D eigenvalue weighted by atomic mass is 32.2. The number of benzene rings is 2. The number of aromatic nitrogens is 2. The number of hydrogen-bond donors (Lipinski definition) is 1. The number of piperidine rings is 1. The van der Waals surface area contributed by atoms with Crippen molar-refractivity contribution in [2.45, 2.75) is 56.3 Å². The highest BCUT2D eigenvalue weighted by Crippen LogP contribution is 2.46. The molecule has 2 aromatic carbocycles. The number of fused-ring (bicyclic) bond motifs is 1. The monoisotopic (exact) mass is 572 g/mol. The molecule has 10 heteroatoms. The lowest BCUT2D eigenvalue weighted by Crippen LogP contribution is -2.51. The van der Waals surface area contributed by atoms with Gasteiger partial charge < -0.3 is 20.0 Å². The smallest absolute Gasteiger partial charge is 0.322 e. The van der Waals surface area contributed by atoms with Crippen molar-refractivity contribution >= 4 is 35.3 Å². The van der Waals surface area contributed by atoms with Crippen molar-refractivity contribution in [2.24, 2.45) is 5.92 Å². The molecule has 1 N–H and O–H groups in total. The summed E-state index contributed by atoms with van der Waals surface area (Å²) in [6, 6.07) is 17.8. The molecule has 4 heterocycles. The maximum absolute atomic E-state index is 13.7. The Labute approximate surface area is 244 Å². The van der Waals surface area contributed by atoms with E-state index in [4.69, 9.17) is 0 Å². The Morgan fingerprint density at radius 1 is 1.05 bits per heavy atom. The SMILES string of the molecule is CC(C)CN1C(=O)C(CC(=O)N2CCC(N3Cc4ccccc4NC3=O)CC2)SC1c1ccccc1-n1cccn1. The van der Waals surface area contributed by atoms with E-state index in [-0.39, 0.29) is 35.7 Å². The second kappa shape index (κ2) is 11.6. The third-order valence-corrected chi connectivity index (χ3v) is 9.59. The van der Waals surface area contributed by atoms with Crippen LogP contribution in [0.2, 0.25) is 0 Å². The minimum Gasteiger partial charge on any atom is -0.342 e. The lowest BCUT2D eigenvalue weighted by molar-refractivity contribution is -0.137. The number of para-hydroxylation sites is 2. The maximum Gasteiger partial charge on any atom is 0.322 e. The third kappa shape index (κ3) is 5.57. The number of carbonyl (C=O) groups is 3. The van der Waals surface area contributed by atoms with Gasteiger partial charge in [-0.25, -0.2) is 9.48 Å². The zero-order valence-corrected chi connectivity index (χ0v) is 24.3. The number of nitrogens with zero attached hydrogens (tertiary/aromatic N) is 5. The summed E-state index contributed by atoms with van der Waals surface area (Å²) in [5.41, 5.74) is 3.94. The van der Waals surface area contributed by atoms with Gasteiger partial charge in [0.25, 0.3) is 0 Å². The Balaban J connectivity index is 1.12. The maximum atomic E-state index is 13.7. The van der Waals surface area contributed by atoms with Gasteiger partial charge in [-0.3, -0.25) is 9.59 Å². The number of carbonyl (C=O) groups excluding carboxylic acids is 3. The molecule has 0 spiro atoms. The fraction of sp³-hybridized carbons (Fsp3) is 0.419. The summed E-state index contributed by atoms with van der Waals surface area (Å²) in [6.07, 6.45) is 5.29. The van der Waals surface area contributed by atoms with Gasteiger partial charge in [-0.15, -0.1) is 11.8 Å². The average Bonchev–Trinajstić information content (AvgIpc) is 3.62. The van der Waals surface area contributed by atoms with Gasteiger partial charge in [-0.05, 0) is 42.5 Å². The number of thioether (sulfide) groups is 1. The highest BCUT2D eigenvalue weighted by Gasteiger charge is 2.44. The number of rotatable bonds is 7. The molecule has 0 saturated carbocycles. The van der Waals surface area contributed by atoms with Crippen LogP contribution in [0, 0.1) is 5.92 Å². The summed E-state index contributed by atoms with van der Waals surface area (Å²) in [5, 5.41) is 6.80. The van der Waals surface area contributed by atoms with Gasteiger partial charge in [0.05, 0.1) is 10.9 Å². The Kier molecular flexibility index (Phi) is 7.75. The summed E-state index contributed by atoms with van der Waals surface area (Å²) in [7, 11) is 0. The summed E-state index contributed by atoms with van der Waals surface area (Å²) in [4.78, 5) is 45.7. The molecule has 0 radical (unpaired) electrons. The molecular formula is C31H36N6O3S. The molecule has 41 heavy (non-hydrogen) atoms. The Bertz CT molecular complexity index is 1420. The number of anilines is 1. The molecule has 3 aliphatic heterocycles. The molecule has 2 fully saturated rings. The zero-order valence-electron chi connectivity index (χ0n) is 23.5. The first-order chi connectivity index (χ1) is 19.9. The van der Waals surface area contributed by atoms with E-state index in [1.165, 1.54) is 0 Å². The fourth-order valence-electron chi connectivity index (χ4n) is 6.09. The predicted molar refractivity (Wildman–Crippen MR) is 159 cm³/mol. The molecule has 214 valence electrons. The third-order valence-electron chi connectivity index (χ3n) is 8.13. The van der Waals surface area contributed by atoms with E-state index < -0.39 is 5.25 Å². The van der Waals surface area contributed by atoms with Crippen LogP contribution in [-0.4, -0.2) is 73.3 Å². The van der Waals surface area contributed by atoms with Gasteiger partial charge in [0.2, 0.25) is 11.8 Å². The molecule has 0 bridgehead atoms. The molecule has 3 aromatic rings. The predicted octanol–water partition coefficient (Wildman–Crippen LogP) is 4.90. The van der Waals surface area contributed by atoms with Crippen LogP contribution >= 0.6 is 11.8 Å². The molecule has 2 saturated heterocycles. The van der Waals surface area contributed by atoms with Crippen LogP contribution in [0.3, 0.4) is 0 Å². The lowest BCUT2D eigenvalue weighted by Gasteiger charge is -2.40. The van der Waals surface area contributed by atoms with Gasteiger partial charge in [0, 0.05) is 62.3 Å². The van der Waals surface area contributed by atoms with E-state index in [9.17, 15) is 14.4 Å². The minimum absolute atomic E-state index is 0.00764. The van der Waals surface area contributed by atoms with Crippen LogP contribution in [0.4, 0.5) is 10.5 Å². The van der Waals surface area contributed by atoms with Gasteiger partial charge >= 0.3 is 6.03 Å². The van der Waals surface area contributed by atoms with Crippen LogP contribution in [0.15, 0.2) is 67.0 Å². The van der Waals surface area contributed by atoms with Gasteiger partial charge in [-0.1, -0.05) is 50.2 Å². The minimum atomic E-state index is -0.431. The molecule has 2 atom stereocenters. The van der Waals surface area contributed by atoms with Crippen LogP contribution in [-0.2, 0) is 16.1 Å². The molecular weight excluding hydrogens is 536 g/mol. The summed E-state index contributed by atoms with van der Waals surface area (Å²) in [6.45, 7) is 6.60. The van der Waals surface area contributed by atoms with Gasteiger partial charge in [-0.2, -0.15) is 5.10 Å². The summed E-state index contributed by atoms with van der Waals surface area (Å²) < 4.78 is 1.83. The first-order valence-corrected chi connectivity index (χ1v) is 15.3. The van der Waals surface area contributed by atoms with Crippen molar-refractivity contribution in [2.75, 3.05) is 25.0 Å². The molecule has 3 aliphatic rings. The molecule has 4 amide bonds. The standard InChI is InChI=1S/C31H36N6O3S/c1-21(2)19-36-29(39)27(41-30(36)24-9-4-6-11-26(24)37-15-7-14-32-37)18-28(38)34-16-12-23(13-17-34)35-20-22-8-3-5-10-25(22)33-31(35)40/h3-11,14-15,21,23,27,30H,12-13,16-20H2,1-2H3,(H,33,40).